The number of hydrogen-bond acceptors (Lipinski definition) is 5. The van der Waals surface area contributed by atoms with Crippen LogP contribution in [0.2, 0.25) is 0 Å². The molecule has 0 spiro atoms. The summed E-state index contributed by atoms with van der Waals surface area (Å²) in [5, 5.41) is 6.84. The fourth-order valence-electron chi connectivity index (χ4n) is 2.75. The molecule has 3 aromatic rings. The van der Waals surface area contributed by atoms with E-state index in [0.29, 0.717) is 23.7 Å². The number of benzene rings is 2. The molecular weight excluding hydrogens is 424 g/mol. The van der Waals surface area contributed by atoms with Crippen LogP contribution in [-0.4, -0.2) is 18.2 Å². The summed E-state index contributed by atoms with van der Waals surface area (Å²) in [4.78, 5) is 12.6. The average molecular weight is 445 g/mol. The molecule has 28 heavy (non-hydrogen) atoms. The van der Waals surface area contributed by atoms with Gasteiger partial charge in [-0.2, -0.15) is 0 Å². The minimum absolute atomic E-state index is 0.221. The van der Waals surface area contributed by atoms with Crippen LogP contribution >= 0.6 is 15.9 Å². The monoisotopic (exact) mass is 444 g/mol. The molecule has 0 saturated heterocycles. The Morgan fingerprint density at radius 3 is 2.57 bits per heavy atom. The van der Waals surface area contributed by atoms with Gasteiger partial charge < -0.3 is 19.3 Å². The molecule has 0 aliphatic rings. The zero-order valence-corrected chi connectivity index (χ0v) is 17.7. The van der Waals surface area contributed by atoms with Gasteiger partial charge in [0.1, 0.15) is 12.4 Å². The number of anilines is 1. The third kappa shape index (κ3) is 4.36. The summed E-state index contributed by atoms with van der Waals surface area (Å²) in [6.07, 6.45) is 0. The Morgan fingerprint density at radius 1 is 1.14 bits per heavy atom. The van der Waals surface area contributed by atoms with Crippen LogP contribution in [0, 0.1) is 20.8 Å². The van der Waals surface area contributed by atoms with Gasteiger partial charge in [-0.1, -0.05) is 21.1 Å². The molecule has 1 amide bonds. The summed E-state index contributed by atoms with van der Waals surface area (Å²) in [6.45, 7) is 5.95. The van der Waals surface area contributed by atoms with Gasteiger partial charge in [0.25, 0.3) is 5.91 Å². The predicted molar refractivity (Wildman–Crippen MR) is 110 cm³/mol. The van der Waals surface area contributed by atoms with Crippen LogP contribution in [0.3, 0.4) is 0 Å². The number of aryl methyl sites for hydroxylation is 3. The third-order valence-electron chi connectivity index (χ3n) is 4.42. The van der Waals surface area contributed by atoms with E-state index < -0.39 is 0 Å². The number of carbonyl (C=O) groups is 1. The van der Waals surface area contributed by atoms with Crippen molar-refractivity contribution in [1.82, 2.24) is 5.16 Å². The third-order valence-corrected chi connectivity index (χ3v) is 4.91. The van der Waals surface area contributed by atoms with E-state index in [4.69, 9.17) is 14.0 Å². The highest BCUT2D eigenvalue weighted by atomic mass is 79.9. The van der Waals surface area contributed by atoms with Crippen molar-refractivity contribution in [3.63, 3.8) is 0 Å². The molecule has 7 heteroatoms. The smallest absolute Gasteiger partial charge is 0.255 e. The van der Waals surface area contributed by atoms with Gasteiger partial charge in [0, 0.05) is 15.7 Å². The molecule has 0 aliphatic heterocycles. The Balaban J connectivity index is 1.75. The van der Waals surface area contributed by atoms with E-state index in [1.54, 1.807) is 25.3 Å². The number of ether oxygens (including phenoxy) is 2. The van der Waals surface area contributed by atoms with E-state index in [0.717, 1.165) is 32.7 Å². The van der Waals surface area contributed by atoms with Crippen LogP contribution in [0.15, 0.2) is 45.4 Å². The predicted octanol–water partition coefficient (Wildman–Crippen LogP) is 5.20. The summed E-state index contributed by atoms with van der Waals surface area (Å²) >= 11 is 3.42. The summed E-state index contributed by atoms with van der Waals surface area (Å²) in [7, 11) is 1.54. The van der Waals surface area contributed by atoms with Crippen molar-refractivity contribution >= 4 is 27.5 Å². The highest BCUT2D eigenvalue weighted by Gasteiger charge is 2.15. The van der Waals surface area contributed by atoms with E-state index in [2.05, 4.69) is 26.4 Å². The standard InChI is InChI=1S/C21H21BrN2O4/c1-12-9-16(22)6-7-18(12)23-21(25)15-5-8-19(20(10-15)26-4)27-11-17-13(2)24-28-14(17)3/h5-10H,11H2,1-4H3,(H,23,25). The van der Waals surface area contributed by atoms with Crippen molar-refractivity contribution in [2.45, 2.75) is 27.4 Å². The van der Waals surface area contributed by atoms with Crippen LogP contribution in [0.4, 0.5) is 5.69 Å². The van der Waals surface area contributed by atoms with Crippen LogP contribution in [0.1, 0.15) is 32.9 Å². The van der Waals surface area contributed by atoms with Crippen molar-refractivity contribution in [2.75, 3.05) is 12.4 Å². The number of nitrogens with one attached hydrogen (secondary N) is 1. The van der Waals surface area contributed by atoms with Crippen molar-refractivity contribution in [3.8, 4) is 11.5 Å². The lowest BCUT2D eigenvalue weighted by atomic mass is 10.1. The van der Waals surface area contributed by atoms with E-state index in [1.807, 2.05) is 39.0 Å². The Bertz CT molecular complexity index is 994. The average Bonchev–Trinajstić information content (AvgIpc) is 3.00. The van der Waals surface area contributed by atoms with Crippen molar-refractivity contribution < 1.29 is 18.8 Å². The highest BCUT2D eigenvalue weighted by molar-refractivity contribution is 9.10. The normalized spacial score (nSPS) is 10.6. The number of halogens is 1. The molecule has 2 aromatic carbocycles. The summed E-state index contributed by atoms with van der Waals surface area (Å²) in [6, 6.07) is 10.8. The molecule has 0 unspecified atom stereocenters. The van der Waals surface area contributed by atoms with Crippen LogP contribution < -0.4 is 14.8 Å². The SMILES string of the molecule is COc1cc(C(=O)Nc2ccc(Br)cc2C)ccc1OCc1c(C)noc1C. The molecule has 3 rings (SSSR count). The molecule has 0 atom stereocenters. The number of aromatic nitrogens is 1. The van der Waals surface area contributed by atoms with Gasteiger partial charge in [0.05, 0.1) is 18.4 Å². The molecule has 146 valence electrons. The summed E-state index contributed by atoms with van der Waals surface area (Å²) in [5.41, 5.74) is 3.88. The van der Waals surface area contributed by atoms with Crippen molar-refractivity contribution in [2.24, 2.45) is 0 Å². The first-order chi connectivity index (χ1) is 13.4. The maximum atomic E-state index is 12.6. The van der Waals surface area contributed by atoms with Crippen LogP contribution in [-0.2, 0) is 6.61 Å². The number of carbonyl (C=O) groups excluding carboxylic acids is 1. The topological polar surface area (TPSA) is 73.6 Å². The maximum Gasteiger partial charge on any atom is 0.255 e. The maximum absolute atomic E-state index is 12.6. The first-order valence-electron chi connectivity index (χ1n) is 8.69. The zero-order chi connectivity index (χ0) is 20.3. The van der Waals surface area contributed by atoms with Gasteiger partial charge >= 0.3 is 0 Å². The van der Waals surface area contributed by atoms with Gasteiger partial charge in [-0.25, -0.2) is 0 Å². The molecule has 0 fully saturated rings. The zero-order valence-electron chi connectivity index (χ0n) is 16.1. The van der Waals surface area contributed by atoms with E-state index in [9.17, 15) is 4.79 Å². The minimum Gasteiger partial charge on any atom is -0.493 e. The van der Waals surface area contributed by atoms with E-state index >= 15 is 0 Å². The molecule has 1 N–H and O–H groups in total. The molecule has 1 heterocycles. The number of rotatable bonds is 6. The Morgan fingerprint density at radius 2 is 1.93 bits per heavy atom. The van der Waals surface area contributed by atoms with Crippen LogP contribution in [0.25, 0.3) is 0 Å². The second-order valence-electron chi connectivity index (χ2n) is 6.37. The molecule has 0 bridgehead atoms. The number of amides is 1. The molecule has 0 aliphatic carbocycles. The molecular formula is C21H21BrN2O4. The second kappa shape index (κ2) is 8.48. The van der Waals surface area contributed by atoms with Crippen molar-refractivity contribution in [3.05, 3.63) is 69.0 Å². The molecule has 1 aromatic heterocycles. The number of methoxy groups -OCH3 is 1. The Labute approximate surface area is 172 Å². The number of hydrogen-bond donors (Lipinski definition) is 1. The summed E-state index contributed by atoms with van der Waals surface area (Å²) in [5.74, 6) is 1.52. The second-order valence-corrected chi connectivity index (χ2v) is 7.29. The van der Waals surface area contributed by atoms with Crippen LogP contribution in [0.5, 0.6) is 11.5 Å². The molecule has 0 radical (unpaired) electrons. The summed E-state index contributed by atoms with van der Waals surface area (Å²) < 4.78 is 17.4. The Kier molecular flexibility index (Phi) is 6.04. The largest absolute Gasteiger partial charge is 0.493 e. The fraction of sp³-hybridized carbons (Fsp3) is 0.238. The first kappa shape index (κ1) is 19.9. The van der Waals surface area contributed by atoms with Gasteiger partial charge in [-0.05, 0) is 62.7 Å². The van der Waals surface area contributed by atoms with E-state index in [-0.39, 0.29) is 5.91 Å². The van der Waals surface area contributed by atoms with Gasteiger partial charge in [-0.3, -0.25) is 4.79 Å². The van der Waals surface area contributed by atoms with Gasteiger partial charge in [0.2, 0.25) is 0 Å². The van der Waals surface area contributed by atoms with Crippen molar-refractivity contribution in [1.29, 1.82) is 0 Å². The van der Waals surface area contributed by atoms with Gasteiger partial charge in [0.15, 0.2) is 11.5 Å². The first-order valence-corrected chi connectivity index (χ1v) is 9.48. The van der Waals surface area contributed by atoms with E-state index in [1.165, 1.54) is 0 Å². The van der Waals surface area contributed by atoms with Gasteiger partial charge in [-0.15, -0.1) is 0 Å². The molecule has 6 nitrogen and oxygen atoms in total. The molecule has 0 saturated carbocycles. The lowest BCUT2D eigenvalue weighted by Gasteiger charge is -2.13. The number of nitrogens with zero attached hydrogens (tertiary/aromatic N) is 1. The fourth-order valence-corrected chi connectivity index (χ4v) is 3.22. The lowest BCUT2D eigenvalue weighted by Crippen LogP contribution is -2.13. The lowest BCUT2D eigenvalue weighted by molar-refractivity contribution is 0.102. The quantitative estimate of drug-likeness (QED) is 0.565. The Hall–Kier alpha value is -2.80. The highest BCUT2D eigenvalue weighted by Crippen LogP contribution is 2.30. The minimum atomic E-state index is -0.221.